The van der Waals surface area contributed by atoms with Gasteiger partial charge in [-0.3, -0.25) is 0 Å². The van der Waals surface area contributed by atoms with Gasteiger partial charge in [0.2, 0.25) is 0 Å². The number of aryl methyl sites for hydroxylation is 2. The van der Waals surface area contributed by atoms with Crippen molar-refractivity contribution in [3.05, 3.63) is 34.9 Å². The van der Waals surface area contributed by atoms with Gasteiger partial charge in [0.1, 0.15) is 0 Å². The van der Waals surface area contributed by atoms with Crippen LogP contribution in [0.3, 0.4) is 0 Å². The molecule has 2 atom stereocenters. The zero-order valence-corrected chi connectivity index (χ0v) is 10.9. The van der Waals surface area contributed by atoms with Gasteiger partial charge in [0.05, 0.1) is 6.10 Å². The Kier molecular flexibility index (Phi) is 4.19. The lowest BCUT2D eigenvalue weighted by molar-refractivity contribution is 0.127. The monoisotopic (exact) mass is 233 g/mol. The first kappa shape index (κ1) is 12.6. The van der Waals surface area contributed by atoms with Crippen molar-refractivity contribution in [3.8, 4) is 0 Å². The molecule has 0 aliphatic carbocycles. The molecule has 94 valence electrons. The fourth-order valence-electron chi connectivity index (χ4n) is 2.63. The molecule has 2 rings (SSSR count). The first-order chi connectivity index (χ1) is 8.18. The number of benzene rings is 1. The standard InChI is InChI=1S/C15H23NO/c1-11-5-3-6-13(12(11)2)8-9-15(17)14-7-4-10-16-14/h3,5-6,14-17H,4,7-10H2,1-2H3. The van der Waals surface area contributed by atoms with Crippen LogP contribution in [0.1, 0.15) is 36.0 Å². The molecule has 1 heterocycles. The van der Waals surface area contributed by atoms with E-state index in [1.165, 1.54) is 23.1 Å². The van der Waals surface area contributed by atoms with Gasteiger partial charge in [-0.05, 0) is 62.8 Å². The molecule has 1 aliphatic rings. The van der Waals surface area contributed by atoms with E-state index in [2.05, 4.69) is 37.4 Å². The first-order valence-electron chi connectivity index (χ1n) is 6.65. The topological polar surface area (TPSA) is 32.3 Å². The molecule has 0 amide bonds. The van der Waals surface area contributed by atoms with Crippen molar-refractivity contribution in [3.63, 3.8) is 0 Å². The highest BCUT2D eigenvalue weighted by molar-refractivity contribution is 5.33. The van der Waals surface area contributed by atoms with Crippen LogP contribution < -0.4 is 5.32 Å². The van der Waals surface area contributed by atoms with E-state index >= 15 is 0 Å². The van der Waals surface area contributed by atoms with Gasteiger partial charge >= 0.3 is 0 Å². The fraction of sp³-hybridized carbons (Fsp3) is 0.600. The van der Waals surface area contributed by atoms with E-state index in [-0.39, 0.29) is 6.10 Å². The second-order valence-electron chi connectivity index (χ2n) is 5.17. The van der Waals surface area contributed by atoms with Crippen LogP contribution >= 0.6 is 0 Å². The van der Waals surface area contributed by atoms with Gasteiger partial charge < -0.3 is 10.4 Å². The highest BCUT2D eigenvalue weighted by Crippen LogP contribution is 2.18. The highest BCUT2D eigenvalue weighted by atomic mass is 16.3. The zero-order chi connectivity index (χ0) is 12.3. The van der Waals surface area contributed by atoms with Gasteiger partial charge in [0.15, 0.2) is 0 Å². The normalized spacial score (nSPS) is 21.7. The molecule has 1 fully saturated rings. The number of rotatable bonds is 4. The quantitative estimate of drug-likeness (QED) is 0.836. The Balaban J connectivity index is 1.90. The summed E-state index contributed by atoms with van der Waals surface area (Å²) in [5.41, 5.74) is 4.09. The molecule has 1 saturated heterocycles. The second kappa shape index (κ2) is 5.65. The maximum atomic E-state index is 10.1. The predicted octanol–water partition coefficient (Wildman–Crippen LogP) is 2.35. The lowest BCUT2D eigenvalue weighted by Gasteiger charge is -2.18. The molecule has 1 aliphatic heterocycles. The summed E-state index contributed by atoms with van der Waals surface area (Å²) in [7, 11) is 0. The maximum Gasteiger partial charge on any atom is 0.0696 e. The molecule has 0 aromatic heterocycles. The smallest absolute Gasteiger partial charge is 0.0696 e. The summed E-state index contributed by atoms with van der Waals surface area (Å²) in [5, 5.41) is 13.5. The van der Waals surface area contributed by atoms with E-state index in [1.54, 1.807) is 0 Å². The predicted molar refractivity (Wildman–Crippen MR) is 71.3 cm³/mol. The van der Waals surface area contributed by atoms with Crippen molar-refractivity contribution >= 4 is 0 Å². The summed E-state index contributed by atoms with van der Waals surface area (Å²) >= 11 is 0. The van der Waals surface area contributed by atoms with Crippen LogP contribution in [0.25, 0.3) is 0 Å². The number of hydrogen-bond donors (Lipinski definition) is 2. The third kappa shape index (κ3) is 3.08. The van der Waals surface area contributed by atoms with Gasteiger partial charge in [-0.15, -0.1) is 0 Å². The van der Waals surface area contributed by atoms with Crippen molar-refractivity contribution in [1.29, 1.82) is 0 Å². The van der Waals surface area contributed by atoms with Gasteiger partial charge in [0.25, 0.3) is 0 Å². The lowest BCUT2D eigenvalue weighted by atomic mass is 9.96. The Labute approximate surface area is 104 Å². The SMILES string of the molecule is Cc1cccc(CCC(O)C2CCCN2)c1C. The van der Waals surface area contributed by atoms with E-state index in [0.29, 0.717) is 6.04 Å². The third-order valence-corrected chi connectivity index (χ3v) is 3.99. The van der Waals surface area contributed by atoms with Crippen LogP contribution in [0.5, 0.6) is 0 Å². The molecule has 0 radical (unpaired) electrons. The van der Waals surface area contributed by atoms with E-state index in [9.17, 15) is 5.11 Å². The largest absolute Gasteiger partial charge is 0.391 e. The molecule has 0 bridgehead atoms. The molecule has 2 N–H and O–H groups in total. The lowest BCUT2D eigenvalue weighted by Crippen LogP contribution is -2.34. The van der Waals surface area contributed by atoms with Gasteiger partial charge in [-0.2, -0.15) is 0 Å². The third-order valence-electron chi connectivity index (χ3n) is 3.99. The van der Waals surface area contributed by atoms with Crippen LogP contribution in [0.2, 0.25) is 0 Å². The zero-order valence-electron chi connectivity index (χ0n) is 10.9. The van der Waals surface area contributed by atoms with Crippen molar-refractivity contribution in [2.24, 2.45) is 0 Å². The van der Waals surface area contributed by atoms with E-state index in [0.717, 1.165) is 25.8 Å². The van der Waals surface area contributed by atoms with Crippen LogP contribution in [0.15, 0.2) is 18.2 Å². The Morgan fingerprint density at radius 3 is 2.94 bits per heavy atom. The molecular weight excluding hydrogens is 210 g/mol. The van der Waals surface area contributed by atoms with Crippen molar-refractivity contribution in [2.45, 2.75) is 51.7 Å². The second-order valence-corrected chi connectivity index (χ2v) is 5.17. The minimum Gasteiger partial charge on any atom is -0.391 e. The van der Waals surface area contributed by atoms with Crippen molar-refractivity contribution < 1.29 is 5.11 Å². The molecule has 17 heavy (non-hydrogen) atoms. The summed E-state index contributed by atoms with van der Waals surface area (Å²) in [6.45, 7) is 5.38. The molecule has 1 aromatic carbocycles. The average Bonchev–Trinajstić information content (AvgIpc) is 2.84. The maximum absolute atomic E-state index is 10.1. The average molecular weight is 233 g/mol. The summed E-state index contributed by atoms with van der Waals surface area (Å²) in [6.07, 6.45) is 3.96. The van der Waals surface area contributed by atoms with E-state index in [4.69, 9.17) is 0 Å². The van der Waals surface area contributed by atoms with Crippen LogP contribution in [0, 0.1) is 13.8 Å². The molecule has 2 heteroatoms. The van der Waals surface area contributed by atoms with Crippen LogP contribution in [-0.2, 0) is 6.42 Å². The number of nitrogens with one attached hydrogen (secondary N) is 1. The molecule has 0 spiro atoms. The summed E-state index contributed by atoms with van der Waals surface area (Å²) in [6, 6.07) is 6.75. The Bertz CT molecular complexity index is 369. The molecule has 2 nitrogen and oxygen atoms in total. The molecule has 1 aromatic rings. The summed E-state index contributed by atoms with van der Waals surface area (Å²) < 4.78 is 0. The van der Waals surface area contributed by atoms with Crippen LogP contribution in [-0.4, -0.2) is 23.8 Å². The Morgan fingerprint density at radius 1 is 1.41 bits per heavy atom. The van der Waals surface area contributed by atoms with Gasteiger partial charge in [0, 0.05) is 6.04 Å². The summed E-state index contributed by atoms with van der Waals surface area (Å²) in [4.78, 5) is 0. The Morgan fingerprint density at radius 2 is 2.24 bits per heavy atom. The fourth-order valence-corrected chi connectivity index (χ4v) is 2.63. The van der Waals surface area contributed by atoms with Gasteiger partial charge in [-0.25, -0.2) is 0 Å². The van der Waals surface area contributed by atoms with Gasteiger partial charge in [-0.1, -0.05) is 18.2 Å². The number of aliphatic hydroxyl groups is 1. The van der Waals surface area contributed by atoms with Crippen molar-refractivity contribution in [2.75, 3.05) is 6.54 Å². The van der Waals surface area contributed by atoms with E-state index in [1.807, 2.05) is 0 Å². The molecule has 2 unspecified atom stereocenters. The van der Waals surface area contributed by atoms with Crippen LogP contribution in [0.4, 0.5) is 0 Å². The van der Waals surface area contributed by atoms with Crippen molar-refractivity contribution in [1.82, 2.24) is 5.32 Å². The van der Waals surface area contributed by atoms with E-state index < -0.39 is 0 Å². The minimum atomic E-state index is -0.197. The number of aliphatic hydroxyl groups excluding tert-OH is 1. The minimum absolute atomic E-state index is 0.197. The Hall–Kier alpha value is -0.860. The highest BCUT2D eigenvalue weighted by Gasteiger charge is 2.22. The number of hydrogen-bond acceptors (Lipinski definition) is 2. The molecular formula is C15H23NO. The first-order valence-corrected chi connectivity index (χ1v) is 6.65. The molecule has 0 saturated carbocycles. The summed E-state index contributed by atoms with van der Waals surface area (Å²) in [5.74, 6) is 0.